The average molecular weight is 322 g/mol. The summed E-state index contributed by atoms with van der Waals surface area (Å²) in [6, 6.07) is 6.99. The third-order valence-electron chi connectivity index (χ3n) is 2.93. The third-order valence-corrected chi connectivity index (χ3v) is 4.07. The zero-order chi connectivity index (χ0) is 15.9. The Morgan fingerprint density at radius 1 is 1.27 bits per heavy atom. The van der Waals surface area contributed by atoms with E-state index in [2.05, 4.69) is 10.6 Å². The molecule has 2 rings (SSSR count). The number of carbonyl (C=O) groups excluding carboxylic acids is 2. The summed E-state index contributed by atoms with van der Waals surface area (Å²) in [5, 5.41) is 15.2. The van der Waals surface area contributed by atoms with E-state index in [4.69, 9.17) is 4.42 Å². The van der Waals surface area contributed by atoms with Gasteiger partial charge < -0.3 is 20.2 Å². The van der Waals surface area contributed by atoms with Gasteiger partial charge in [-0.15, -0.1) is 11.3 Å². The zero-order valence-electron chi connectivity index (χ0n) is 12.2. The number of rotatable bonds is 6. The van der Waals surface area contributed by atoms with Gasteiger partial charge in [0, 0.05) is 16.3 Å². The minimum atomic E-state index is -0.822. The first-order valence-electron chi connectivity index (χ1n) is 6.98. The Labute approximate surface area is 132 Å². The van der Waals surface area contributed by atoms with Gasteiger partial charge in [0.05, 0.1) is 12.8 Å². The summed E-state index contributed by atoms with van der Waals surface area (Å²) >= 11 is 1.35. The highest BCUT2D eigenvalue weighted by molar-refractivity contribution is 7.12. The van der Waals surface area contributed by atoms with Gasteiger partial charge in [-0.2, -0.15) is 0 Å². The second-order valence-corrected chi connectivity index (χ2v) is 5.86. The molecule has 2 aromatic heterocycles. The summed E-state index contributed by atoms with van der Waals surface area (Å²) in [4.78, 5) is 24.5. The van der Waals surface area contributed by atoms with Crippen molar-refractivity contribution in [3.8, 4) is 0 Å². The predicted molar refractivity (Wildman–Crippen MR) is 82.2 cm³/mol. The van der Waals surface area contributed by atoms with E-state index in [0.717, 1.165) is 16.2 Å². The molecule has 3 N–H and O–H groups in total. The summed E-state index contributed by atoms with van der Waals surface area (Å²) in [5.41, 5.74) is 0. The lowest BCUT2D eigenvalue weighted by Crippen LogP contribution is -2.39. The molecule has 22 heavy (non-hydrogen) atoms. The van der Waals surface area contributed by atoms with Crippen molar-refractivity contribution in [2.24, 2.45) is 0 Å². The van der Waals surface area contributed by atoms with Crippen LogP contribution < -0.4 is 10.6 Å². The fraction of sp³-hybridized carbons (Fsp3) is 0.333. The minimum absolute atomic E-state index is 0.244. The van der Waals surface area contributed by atoms with Crippen molar-refractivity contribution in [3.05, 3.63) is 46.0 Å². The van der Waals surface area contributed by atoms with Crippen LogP contribution in [0.3, 0.4) is 0 Å². The first kappa shape index (κ1) is 16.3. The molecule has 0 radical (unpaired) electrons. The van der Waals surface area contributed by atoms with Gasteiger partial charge in [0.2, 0.25) is 0 Å². The van der Waals surface area contributed by atoms with Crippen LogP contribution in [-0.2, 0) is 16.1 Å². The van der Waals surface area contributed by atoms with Gasteiger partial charge in [-0.1, -0.05) is 6.92 Å². The second-order valence-electron chi connectivity index (χ2n) is 4.66. The quantitative estimate of drug-likeness (QED) is 0.704. The Kier molecular flexibility index (Phi) is 5.74. The zero-order valence-corrected chi connectivity index (χ0v) is 13.0. The van der Waals surface area contributed by atoms with Gasteiger partial charge in [0.25, 0.3) is 0 Å². The summed E-state index contributed by atoms with van der Waals surface area (Å²) in [6.07, 6.45) is 1.46. The molecule has 0 fully saturated rings. The maximum atomic E-state index is 11.6. The number of aliphatic hydroxyl groups is 1. The summed E-state index contributed by atoms with van der Waals surface area (Å²) < 4.78 is 5.16. The molecule has 2 heterocycles. The Morgan fingerprint density at radius 3 is 2.73 bits per heavy atom. The van der Waals surface area contributed by atoms with Crippen LogP contribution in [0.5, 0.6) is 0 Å². The van der Waals surface area contributed by atoms with Crippen molar-refractivity contribution in [1.82, 2.24) is 10.6 Å². The second kappa shape index (κ2) is 7.77. The highest BCUT2D eigenvalue weighted by atomic mass is 32.1. The highest BCUT2D eigenvalue weighted by Crippen LogP contribution is 2.28. The van der Waals surface area contributed by atoms with E-state index in [0.29, 0.717) is 12.3 Å². The lowest BCUT2D eigenvalue weighted by molar-refractivity contribution is -0.139. The summed E-state index contributed by atoms with van der Waals surface area (Å²) in [7, 11) is 0. The summed E-state index contributed by atoms with van der Waals surface area (Å²) in [6.45, 7) is 2.63. The Hall–Kier alpha value is -2.12. The van der Waals surface area contributed by atoms with Crippen molar-refractivity contribution in [1.29, 1.82) is 0 Å². The maximum Gasteiger partial charge on any atom is 0.309 e. The fourth-order valence-electron chi connectivity index (χ4n) is 1.79. The van der Waals surface area contributed by atoms with Crippen LogP contribution in [0.1, 0.15) is 35.0 Å². The normalized spacial score (nSPS) is 11.9. The van der Waals surface area contributed by atoms with Crippen LogP contribution in [0.2, 0.25) is 0 Å². The summed E-state index contributed by atoms with van der Waals surface area (Å²) in [5.74, 6) is -0.819. The van der Waals surface area contributed by atoms with Crippen molar-refractivity contribution in [3.63, 3.8) is 0 Å². The Bertz CT molecular complexity index is 621. The molecule has 1 unspecified atom stereocenters. The molecule has 0 bridgehead atoms. The molecule has 0 aromatic carbocycles. The highest BCUT2D eigenvalue weighted by Gasteiger charge is 2.16. The molecule has 0 aliphatic heterocycles. The minimum Gasteiger partial charge on any atom is -0.466 e. The number of amides is 2. The smallest absolute Gasteiger partial charge is 0.309 e. The number of furan rings is 1. The molecular formula is C15H18N2O4S. The monoisotopic (exact) mass is 322 g/mol. The molecular weight excluding hydrogens is 304 g/mol. The van der Waals surface area contributed by atoms with E-state index in [1.54, 1.807) is 24.3 Å². The lowest BCUT2D eigenvalue weighted by Gasteiger charge is -2.05. The Morgan fingerprint density at radius 2 is 2.05 bits per heavy atom. The molecule has 1 atom stereocenters. The van der Waals surface area contributed by atoms with Crippen molar-refractivity contribution in [2.45, 2.75) is 26.0 Å². The van der Waals surface area contributed by atoms with E-state index >= 15 is 0 Å². The molecule has 0 aliphatic rings. The molecule has 7 heteroatoms. The topological polar surface area (TPSA) is 91.6 Å². The van der Waals surface area contributed by atoms with Gasteiger partial charge in [-0.25, -0.2) is 0 Å². The van der Waals surface area contributed by atoms with E-state index in [9.17, 15) is 14.7 Å². The van der Waals surface area contributed by atoms with Crippen molar-refractivity contribution >= 4 is 23.2 Å². The van der Waals surface area contributed by atoms with Crippen LogP contribution >= 0.6 is 11.3 Å². The van der Waals surface area contributed by atoms with Gasteiger partial charge in [0.15, 0.2) is 0 Å². The van der Waals surface area contributed by atoms with E-state index in [1.165, 1.54) is 17.6 Å². The van der Waals surface area contributed by atoms with E-state index in [-0.39, 0.29) is 6.54 Å². The first-order valence-corrected chi connectivity index (χ1v) is 7.79. The molecule has 0 aliphatic carbocycles. The number of hydrogen-bond acceptors (Lipinski definition) is 5. The Balaban J connectivity index is 1.87. The van der Waals surface area contributed by atoms with Crippen LogP contribution in [0, 0.1) is 0 Å². The molecule has 0 spiro atoms. The SMILES string of the molecule is CCCNC(=O)C(=O)NCc1ccc(C(O)c2ccco2)s1. The van der Waals surface area contributed by atoms with E-state index < -0.39 is 17.9 Å². The fourth-order valence-corrected chi connectivity index (χ4v) is 2.74. The van der Waals surface area contributed by atoms with Gasteiger partial charge in [0.1, 0.15) is 11.9 Å². The maximum absolute atomic E-state index is 11.6. The molecule has 2 amide bonds. The number of hydrogen-bond donors (Lipinski definition) is 3. The number of carbonyl (C=O) groups is 2. The molecule has 0 saturated heterocycles. The largest absolute Gasteiger partial charge is 0.466 e. The number of nitrogens with one attached hydrogen (secondary N) is 2. The van der Waals surface area contributed by atoms with Crippen molar-refractivity contribution < 1.29 is 19.1 Å². The molecule has 0 saturated carbocycles. The average Bonchev–Trinajstić information content (AvgIpc) is 3.20. The van der Waals surface area contributed by atoms with Gasteiger partial charge in [-0.3, -0.25) is 9.59 Å². The standard InChI is InChI=1S/C15H18N2O4S/c1-2-7-16-14(19)15(20)17-9-10-5-6-12(22-10)13(18)11-4-3-8-21-11/h3-6,8,13,18H,2,7,9H2,1H3,(H,16,19)(H,17,20). The number of thiophene rings is 1. The van der Waals surface area contributed by atoms with Crippen LogP contribution in [0.25, 0.3) is 0 Å². The van der Waals surface area contributed by atoms with Crippen molar-refractivity contribution in [2.75, 3.05) is 6.54 Å². The van der Waals surface area contributed by atoms with Crippen LogP contribution in [0.4, 0.5) is 0 Å². The van der Waals surface area contributed by atoms with Gasteiger partial charge in [-0.05, 0) is 30.7 Å². The lowest BCUT2D eigenvalue weighted by atomic mass is 10.2. The van der Waals surface area contributed by atoms with Gasteiger partial charge >= 0.3 is 11.8 Å². The molecule has 6 nitrogen and oxygen atoms in total. The van der Waals surface area contributed by atoms with E-state index in [1.807, 2.05) is 6.92 Å². The molecule has 2 aromatic rings. The number of aliphatic hydroxyl groups excluding tert-OH is 1. The first-order chi connectivity index (χ1) is 10.6. The van der Waals surface area contributed by atoms with Crippen LogP contribution in [-0.4, -0.2) is 23.5 Å². The van der Waals surface area contributed by atoms with Crippen LogP contribution in [0.15, 0.2) is 34.9 Å². The predicted octanol–water partition coefficient (Wildman–Crippen LogP) is 1.57. The molecule has 118 valence electrons. The third kappa shape index (κ3) is 4.19.